The molecular weight excluding hydrogens is 338 g/mol. The van der Waals surface area contributed by atoms with E-state index >= 15 is 0 Å². The van der Waals surface area contributed by atoms with E-state index in [4.69, 9.17) is 0 Å². The highest BCUT2D eigenvalue weighted by Crippen LogP contribution is 2.37. The summed E-state index contributed by atoms with van der Waals surface area (Å²) in [4.78, 5) is 28.2. The summed E-state index contributed by atoms with van der Waals surface area (Å²) in [5.74, 6) is 0.181. The SMILES string of the molecule is C[C@H]1CCCC[C@]12NC(=O)N(C[NH+](C)Cc1ccc(C(C)(C)C)cc1)C2=O. The Labute approximate surface area is 163 Å². The molecule has 2 fully saturated rings. The van der Waals surface area contributed by atoms with Gasteiger partial charge in [-0.1, -0.05) is 64.8 Å². The van der Waals surface area contributed by atoms with E-state index in [0.717, 1.165) is 37.1 Å². The van der Waals surface area contributed by atoms with Crippen molar-refractivity contribution in [1.29, 1.82) is 0 Å². The third kappa shape index (κ3) is 3.88. The largest absolute Gasteiger partial charge is 0.329 e. The Balaban J connectivity index is 1.64. The van der Waals surface area contributed by atoms with Crippen LogP contribution in [0.25, 0.3) is 0 Å². The van der Waals surface area contributed by atoms with Gasteiger partial charge in [0.15, 0.2) is 6.67 Å². The molecular formula is C22H34N3O2+. The molecule has 1 saturated heterocycles. The Bertz CT molecular complexity index is 707. The average Bonchev–Trinajstić information content (AvgIpc) is 2.82. The Kier molecular flexibility index (Phi) is 5.35. The van der Waals surface area contributed by atoms with Crippen molar-refractivity contribution in [1.82, 2.24) is 10.2 Å². The van der Waals surface area contributed by atoms with Crippen molar-refractivity contribution in [3.63, 3.8) is 0 Å². The molecule has 1 saturated carbocycles. The summed E-state index contributed by atoms with van der Waals surface area (Å²) in [6, 6.07) is 8.43. The van der Waals surface area contributed by atoms with Crippen molar-refractivity contribution >= 4 is 11.9 Å². The summed E-state index contributed by atoms with van der Waals surface area (Å²) in [7, 11) is 2.04. The maximum Gasteiger partial charge on any atom is 0.329 e. The van der Waals surface area contributed by atoms with Gasteiger partial charge in [-0.15, -0.1) is 0 Å². The summed E-state index contributed by atoms with van der Waals surface area (Å²) < 4.78 is 0. The van der Waals surface area contributed by atoms with Crippen LogP contribution >= 0.6 is 0 Å². The predicted molar refractivity (Wildman–Crippen MR) is 106 cm³/mol. The number of imide groups is 1. The number of benzene rings is 1. The van der Waals surface area contributed by atoms with Gasteiger partial charge in [0.2, 0.25) is 0 Å². The molecule has 1 unspecified atom stereocenters. The van der Waals surface area contributed by atoms with E-state index in [-0.39, 0.29) is 23.3 Å². The monoisotopic (exact) mass is 372 g/mol. The number of quaternary nitrogens is 1. The second-order valence-electron chi connectivity index (χ2n) is 9.52. The molecule has 1 aliphatic heterocycles. The normalized spacial score (nSPS) is 27.1. The van der Waals surface area contributed by atoms with Gasteiger partial charge < -0.3 is 10.2 Å². The highest BCUT2D eigenvalue weighted by molar-refractivity contribution is 6.07. The maximum atomic E-state index is 13.1. The molecule has 0 aromatic heterocycles. The number of amides is 3. The topological polar surface area (TPSA) is 53.9 Å². The number of rotatable bonds is 4. The summed E-state index contributed by atoms with van der Waals surface area (Å²) >= 11 is 0. The molecule has 2 aliphatic rings. The van der Waals surface area contributed by atoms with Crippen molar-refractivity contribution in [2.24, 2.45) is 5.92 Å². The Morgan fingerprint density at radius 3 is 2.44 bits per heavy atom. The molecule has 1 aliphatic carbocycles. The number of carbonyl (C=O) groups excluding carboxylic acids is 2. The quantitative estimate of drug-likeness (QED) is 0.798. The van der Waals surface area contributed by atoms with E-state index in [1.165, 1.54) is 16.0 Å². The number of carbonyl (C=O) groups is 2. The van der Waals surface area contributed by atoms with Crippen LogP contribution < -0.4 is 10.2 Å². The minimum absolute atomic E-state index is 0.0258. The molecule has 5 heteroatoms. The molecule has 0 bridgehead atoms. The molecule has 1 heterocycles. The van der Waals surface area contributed by atoms with Gasteiger partial charge in [-0.3, -0.25) is 4.79 Å². The van der Waals surface area contributed by atoms with Crippen LogP contribution in [0, 0.1) is 5.92 Å². The van der Waals surface area contributed by atoms with Crippen LogP contribution in [0.15, 0.2) is 24.3 Å². The average molecular weight is 373 g/mol. The van der Waals surface area contributed by atoms with E-state index in [2.05, 4.69) is 57.3 Å². The van der Waals surface area contributed by atoms with E-state index in [9.17, 15) is 9.59 Å². The van der Waals surface area contributed by atoms with Gasteiger partial charge in [-0.05, 0) is 29.7 Å². The van der Waals surface area contributed by atoms with Crippen LogP contribution in [0.5, 0.6) is 0 Å². The van der Waals surface area contributed by atoms with Crippen molar-refractivity contribution in [2.45, 2.75) is 70.9 Å². The number of hydrogen-bond acceptors (Lipinski definition) is 2. The second-order valence-corrected chi connectivity index (χ2v) is 9.52. The number of hydrogen-bond donors (Lipinski definition) is 2. The lowest BCUT2D eigenvalue weighted by atomic mass is 9.73. The molecule has 5 nitrogen and oxygen atoms in total. The van der Waals surface area contributed by atoms with Crippen molar-refractivity contribution < 1.29 is 14.5 Å². The maximum absolute atomic E-state index is 13.1. The highest BCUT2D eigenvalue weighted by Gasteiger charge is 2.55. The zero-order valence-electron chi connectivity index (χ0n) is 17.4. The zero-order valence-corrected chi connectivity index (χ0v) is 17.4. The molecule has 3 atom stereocenters. The molecule has 1 aromatic rings. The minimum Gasteiger partial charge on any atom is -0.323 e. The van der Waals surface area contributed by atoms with Crippen molar-refractivity contribution in [2.75, 3.05) is 13.7 Å². The first-order valence-corrected chi connectivity index (χ1v) is 10.2. The first kappa shape index (κ1) is 19.9. The summed E-state index contributed by atoms with van der Waals surface area (Å²) in [5, 5.41) is 3.04. The van der Waals surface area contributed by atoms with Crippen molar-refractivity contribution in [3.8, 4) is 0 Å². The minimum atomic E-state index is -0.663. The molecule has 1 spiro atoms. The first-order valence-electron chi connectivity index (χ1n) is 10.2. The lowest BCUT2D eigenvalue weighted by Crippen LogP contribution is -3.09. The van der Waals surface area contributed by atoms with Crippen molar-refractivity contribution in [3.05, 3.63) is 35.4 Å². The van der Waals surface area contributed by atoms with Gasteiger partial charge in [-0.2, -0.15) is 0 Å². The van der Waals surface area contributed by atoms with E-state index in [1.807, 2.05) is 7.05 Å². The highest BCUT2D eigenvalue weighted by atomic mass is 16.2. The first-order chi connectivity index (χ1) is 12.6. The molecule has 1 aromatic carbocycles. The lowest BCUT2D eigenvalue weighted by molar-refractivity contribution is -0.901. The molecule has 3 rings (SSSR count). The van der Waals surface area contributed by atoms with Gasteiger partial charge in [0.25, 0.3) is 5.91 Å². The van der Waals surface area contributed by atoms with Crippen LogP contribution in [0.1, 0.15) is 64.5 Å². The number of nitrogens with one attached hydrogen (secondary N) is 2. The van der Waals surface area contributed by atoms with E-state index < -0.39 is 5.54 Å². The zero-order chi connectivity index (χ0) is 19.8. The summed E-state index contributed by atoms with van der Waals surface area (Å²) in [6.07, 6.45) is 3.92. The molecule has 148 valence electrons. The lowest BCUT2D eigenvalue weighted by Gasteiger charge is -2.36. The molecule has 3 amide bonds. The van der Waals surface area contributed by atoms with Gasteiger partial charge in [0, 0.05) is 5.56 Å². The van der Waals surface area contributed by atoms with Crippen LogP contribution in [0.2, 0.25) is 0 Å². The Morgan fingerprint density at radius 2 is 1.85 bits per heavy atom. The standard InChI is InChI=1S/C22H33N3O2/c1-16-8-6-7-13-22(16)19(26)25(20(27)23-22)15-24(5)14-17-9-11-18(12-10-17)21(2,3)4/h9-12,16H,6-8,13-15H2,1-5H3,(H,23,27)/p+1/t16-,22-/m0/s1. The van der Waals surface area contributed by atoms with Crippen LogP contribution in [0.3, 0.4) is 0 Å². The predicted octanol–water partition coefficient (Wildman–Crippen LogP) is 2.46. The number of urea groups is 1. The smallest absolute Gasteiger partial charge is 0.323 e. The number of nitrogens with zero attached hydrogens (tertiary/aromatic N) is 1. The Hall–Kier alpha value is -1.88. The van der Waals surface area contributed by atoms with Crippen LogP contribution in [-0.2, 0) is 16.8 Å². The summed E-state index contributed by atoms with van der Waals surface area (Å²) in [6.45, 7) is 9.90. The molecule has 27 heavy (non-hydrogen) atoms. The van der Waals surface area contributed by atoms with Gasteiger partial charge in [0.05, 0.1) is 7.05 Å². The van der Waals surface area contributed by atoms with Crippen LogP contribution in [0.4, 0.5) is 4.79 Å². The summed E-state index contributed by atoms with van der Waals surface area (Å²) in [5.41, 5.74) is 2.01. The molecule has 2 N–H and O–H groups in total. The fourth-order valence-electron chi connectivity index (χ4n) is 4.44. The van der Waals surface area contributed by atoms with Crippen LogP contribution in [-0.4, -0.2) is 36.1 Å². The molecule has 0 radical (unpaired) electrons. The van der Waals surface area contributed by atoms with Gasteiger partial charge in [0.1, 0.15) is 12.1 Å². The fraction of sp³-hybridized carbons (Fsp3) is 0.636. The third-order valence-electron chi connectivity index (χ3n) is 6.26. The van der Waals surface area contributed by atoms with E-state index in [1.54, 1.807) is 0 Å². The third-order valence-corrected chi connectivity index (χ3v) is 6.26. The Morgan fingerprint density at radius 1 is 1.19 bits per heavy atom. The fourth-order valence-corrected chi connectivity index (χ4v) is 4.44. The van der Waals surface area contributed by atoms with E-state index in [0.29, 0.717) is 6.67 Å². The second kappa shape index (κ2) is 7.27. The van der Waals surface area contributed by atoms with Gasteiger partial charge in [-0.25, -0.2) is 9.69 Å². The van der Waals surface area contributed by atoms with Gasteiger partial charge >= 0.3 is 6.03 Å².